The van der Waals surface area contributed by atoms with Gasteiger partial charge in [-0.2, -0.15) is 0 Å². The van der Waals surface area contributed by atoms with Crippen molar-refractivity contribution in [3.63, 3.8) is 0 Å². The highest BCUT2D eigenvalue weighted by molar-refractivity contribution is 5.67. The zero-order valence-electron chi connectivity index (χ0n) is 17.7. The van der Waals surface area contributed by atoms with Crippen molar-refractivity contribution in [1.82, 2.24) is 0 Å². The molecular formula is C20H32O8. The molecule has 0 unspecified atom stereocenters. The highest BCUT2D eigenvalue weighted by Crippen LogP contribution is 2.28. The summed E-state index contributed by atoms with van der Waals surface area (Å²) in [6, 6.07) is 0. The van der Waals surface area contributed by atoms with Gasteiger partial charge < -0.3 is 23.7 Å². The first kappa shape index (κ1) is 23.9. The SMILES string of the molecule is CC(=O)O[C@H]1C=CO[C@@H](C)[C@H]1C.CC(=O)O[C@H]1C[C@H](OC(C)=O)[C@H](C)[C@H](C)O1. The summed E-state index contributed by atoms with van der Waals surface area (Å²) in [5.74, 6) is -0.652. The highest BCUT2D eigenvalue weighted by atomic mass is 16.7. The van der Waals surface area contributed by atoms with Crippen LogP contribution in [-0.2, 0) is 38.1 Å². The van der Waals surface area contributed by atoms with E-state index in [2.05, 4.69) is 0 Å². The van der Waals surface area contributed by atoms with Crippen LogP contribution in [-0.4, -0.2) is 48.6 Å². The number of ether oxygens (including phenoxy) is 5. The molecule has 0 saturated carbocycles. The molecule has 8 nitrogen and oxygen atoms in total. The monoisotopic (exact) mass is 400 g/mol. The molecule has 28 heavy (non-hydrogen) atoms. The molecule has 2 aliphatic rings. The van der Waals surface area contributed by atoms with Crippen molar-refractivity contribution in [3.8, 4) is 0 Å². The van der Waals surface area contributed by atoms with E-state index >= 15 is 0 Å². The lowest BCUT2D eigenvalue weighted by Crippen LogP contribution is -2.44. The Morgan fingerprint density at radius 1 is 0.821 bits per heavy atom. The van der Waals surface area contributed by atoms with Gasteiger partial charge in [-0.25, -0.2) is 0 Å². The van der Waals surface area contributed by atoms with E-state index in [4.69, 9.17) is 23.7 Å². The molecule has 8 heteroatoms. The van der Waals surface area contributed by atoms with E-state index in [0.717, 1.165) is 0 Å². The van der Waals surface area contributed by atoms with Gasteiger partial charge in [0.05, 0.1) is 12.4 Å². The Labute approximate surface area is 166 Å². The number of esters is 3. The van der Waals surface area contributed by atoms with Crippen LogP contribution in [0.4, 0.5) is 0 Å². The van der Waals surface area contributed by atoms with Crippen molar-refractivity contribution in [1.29, 1.82) is 0 Å². The molecule has 2 rings (SSSR count). The molecule has 0 spiro atoms. The summed E-state index contributed by atoms with van der Waals surface area (Å²) in [5, 5.41) is 0. The number of rotatable bonds is 3. The van der Waals surface area contributed by atoms with E-state index in [-0.39, 0.29) is 48.2 Å². The minimum Gasteiger partial charge on any atom is -0.498 e. The van der Waals surface area contributed by atoms with Gasteiger partial charge in [-0.05, 0) is 19.9 Å². The molecule has 2 aliphatic heterocycles. The summed E-state index contributed by atoms with van der Waals surface area (Å²) in [6.45, 7) is 11.9. The number of carbonyl (C=O) groups excluding carboxylic acids is 3. The van der Waals surface area contributed by atoms with Gasteiger partial charge in [-0.15, -0.1) is 0 Å². The third kappa shape index (κ3) is 7.88. The number of hydrogen-bond donors (Lipinski definition) is 0. The summed E-state index contributed by atoms with van der Waals surface area (Å²) in [5.41, 5.74) is 0. The smallest absolute Gasteiger partial charge is 0.304 e. The summed E-state index contributed by atoms with van der Waals surface area (Å²) in [7, 11) is 0. The van der Waals surface area contributed by atoms with Crippen LogP contribution >= 0.6 is 0 Å². The lowest BCUT2D eigenvalue weighted by molar-refractivity contribution is -0.230. The quantitative estimate of drug-likeness (QED) is 0.527. The third-order valence-electron chi connectivity index (χ3n) is 4.85. The van der Waals surface area contributed by atoms with E-state index in [1.54, 1.807) is 12.3 Å². The van der Waals surface area contributed by atoms with Gasteiger partial charge in [0.1, 0.15) is 18.3 Å². The lowest BCUT2D eigenvalue weighted by atomic mass is 9.93. The molecule has 0 N–H and O–H groups in total. The van der Waals surface area contributed by atoms with Crippen LogP contribution in [0.2, 0.25) is 0 Å². The molecule has 0 aromatic carbocycles. The Kier molecular flexibility index (Phi) is 9.45. The fourth-order valence-electron chi connectivity index (χ4n) is 2.91. The van der Waals surface area contributed by atoms with Crippen molar-refractivity contribution in [2.24, 2.45) is 11.8 Å². The van der Waals surface area contributed by atoms with Gasteiger partial charge in [0.15, 0.2) is 0 Å². The van der Waals surface area contributed by atoms with Crippen LogP contribution in [0.5, 0.6) is 0 Å². The molecule has 0 radical (unpaired) electrons. The Balaban J connectivity index is 0.000000292. The molecule has 0 aromatic rings. The van der Waals surface area contributed by atoms with Gasteiger partial charge in [-0.1, -0.05) is 13.8 Å². The number of hydrogen-bond acceptors (Lipinski definition) is 8. The minimum atomic E-state index is -0.618. The Morgan fingerprint density at radius 2 is 1.39 bits per heavy atom. The maximum Gasteiger partial charge on any atom is 0.304 e. The van der Waals surface area contributed by atoms with Gasteiger partial charge in [-0.3, -0.25) is 14.4 Å². The molecule has 7 atom stereocenters. The molecule has 0 aliphatic carbocycles. The molecule has 160 valence electrons. The average molecular weight is 400 g/mol. The molecule has 1 fully saturated rings. The first-order valence-corrected chi connectivity index (χ1v) is 9.50. The predicted molar refractivity (Wildman–Crippen MR) is 99.8 cm³/mol. The van der Waals surface area contributed by atoms with E-state index in [0.29, 0.717) is 6.42 Å². The van der Waals surface area contributed by atoms with Crippen molar-refractivity contribution < 1.29 is 38.1 Å². The maximum atomic E-state index is 10.9. The topological polar surface area (TPSA) is 97.4 Å². The first-order chi connectivity index (χ1) is 13.0. The van der Waals surface area contributed by atoms with E-state index in [1.165, 1.54) is 20.8 Å². The van der Waals surface area contributed by atoms with Crippen LogP contribution in [0, 0.1) is 11.8 Å². The Morgan fingerprint density at radius 3 is 1.93 bits per heavy atom. The molecule has 0 bridgehead atoms. The Hall–Kier alpha value is -2.09. The molecule has 1 saturated heterocycles. The molecular weight excluding hydrogens is 368 g/mol. The standard InChI is InChI=1S/C11H18O5.C9H14O3/c1-6-7(2)14-11(16-9(4)13)5-10(6)15-8(3)12;1-6-7(2)11-5-4-9(6)12-8(3)10/h6-7,10-11H,5H2,1-4H3;4-7,9H,1-3H3/t6-,7+,10+,11+;6-,7+,9+/m11/s1. The van der Waals surface area contributed by atoms with E-state index in [9.17, 15) is 14.4 Å². The summed E-state index contributed by atoms with van der Waals surface area (Å²) >= 11 is 0. The average Bonchev–Trinajstić information content (AvgIpc) is 2.55. The maximum absolute atomic E-state index is 10.9. The minimum absolute atomic E-state index is 0.0932. The van der Waals surface area contributed by atoms with Crippen molar-refractivity contribution in [2.45, 2.75) is 85.6 Å². The fraction of sp³-hybridized carbons (Fsp3) is 0.750. The van der Waals surface area contributed by atoms with E-state index < -0.39 is 12.3 Å². The van der Waals surface area contributed by atoms with Gasteiger partial charge >= 0.3 is 17.9 Å². The van der Waals surface area contributed by atoms with Gasteiger partial charge in [0.25, 0.3) is 0 Å². The molecule has 0 aromatic heterocycles. The lowest BCUT2D eigenvalue weighted by Gasteiger charge is -2.37. The third-order valence-corrected chi connectivity index (χ3v) is 4.85. The second-order valence-corrected chi connectivity index (χ2v) is 7.23. The largest absolute Gasteiger partial charge is 0.498 e. The van der Waals surface area contributed by atoms with Gasteiger partial charge in [0, 0.05) is 39.0 Å². The van der Waals surface area contributed by atoms with Crippen molar-refractivity contribution in [2.75, 3.05) is 0 Å². The fourth-order valence-corrected chi connectivity index (χ4v) is 2.91. The summed E-state index contributed by atoms with van der Waals surface area (Å²) in [4.78, 5) is 32.4. The van der Waals surface area contributed by atoms with Crippen LogP contribution in [0.1, 0.15) is 54.9 Å². The predicted octanol–water partition coefficient (Wildman–Crippen LogP) is 2.74. The van der Waals surface area contributed by atoms with Crippen LogP contribution in [0.15, 0.2) is 12.3 Å². The molecule has 2 heterocycles. The normalized spacial score (nSPS) is 34.2. The van der Waals surface area contributed by atoms with Crippen LogP contribution < -0.4 is 0 Å². The van der Waals surface area contributed by atoms with Crippen LogP contribution in [0.25, 0.3) is 0 Å². The number of carbonyl (C=O) groups is 3. The summed E-state index contributed by atoms with van der Waals surface area (Å²) in [6.07, 6.45) is 2.75. The summed E-state index contributed by atoms with van der Waals surface area (Å²) < 4.78 is 25.9. The zero-order chi connectivity index (χ0) is 21.4. The van der Waals surface area contributed by atoms with Crippen molar-refractivity contribution in [3.05, 3.63) is 12.3 Å². The molecule has 0 amide bonds. The van der Waals surface area contributed by atoms with Gasteiger partial charge in [0.2, 0.25) is 6.29 Å². The second-order valence-electron chi connectivity index (χ2n) is 7.23. The van der Waals surface area contributed by atoms with Crippen molar-refractivity contribution >= 4 is 17.9 Å². The highest BCUT2D eigenvalue weighted by Gasteiger charge is 2.37. The Bertz CT molecular complexity index is 573. The first-order valence-electron chi connectivity index (χ1n) is 9.50. The second kappa shape index (κ2) is 11.0. The van der Waals surface area contributed by atoms with E-state index in [1.807, 2.05) is 27.7 Å². The zero-order valence-corrected chi connectivity index (χ0v) is 17.7. The van der Waals surface area contributed by atoms with Crippen LogP contribution in [0.3, 0.4) is 0 Å².